The molecule has 1 aromatic carbocycles. The van der Waals surface area contributed by atoms with Crippen molar-refractivity contribution in [3.8, 4) is 0 Å². The number of rotatable bonds is 14. The smallest absolute Gasteiger partial charge is 0.408 e. The Kier molecular flexibility index (Phi) is 14.1. The van der Waals surface area contributed by atoms with Crippen LogP contribution in [0, 0.1) is 19.8 Å². The lowest BCUT2D eigenvalue weighted by atomic mass is 9.93. The maximum atomic E-state index is 14.1. The molecule has 3 amide bonds. The molecule has 0 bridgehead atoms. The molecule has 0 heterocycles. The summed E-state index contributed by atoms with van der Waals surface area (Å²) in [6.45, 7) is 16.1. The van der Waals surface area contributed by atoms with E-state index in [0.29, 0.717) is 17.9 Å². The minimum absolute atomic E-state index is 0.0184. The first-order valence-corrected chi connectivity index (χ1v) is 14.0. The lowest BCUT2D eigenvalue weighted by Crippen LogP contribution is -2.57. The molecule has 3 atom stereocenters. The first-order chi connectivity index (χ1) is 18.6. The van der Waals surface area contributed by atoms with Crippen molar-refractivity contribution in [2.45, 2.75) is 105 Å². The average Bonchev–Trinajstić information content (AvgIpc) is 2.84. The molecule has 1 aromatic rings. The van der Waals surface area contributed by atoms with E-state index in [1.54, 1.807) is 27.7 Å². The van der Waals surface area contributed by atoms with Gasteiger partial charge in [0.1, 0.15) is 17.7 Å². The summed E-state index contributed by atoms with van der Waals surface area (Å²) in [5.74, 6) is -1.18. The van der Waals surface area contributed by atoms with Gasteiger partial charge in [0, 0.05) is 12.6 Å². The zero-order valence-electron chi connectivity index (χ0n) is 25.6. The number of alkyl carbamates (subject to hydrolysis) is 1. The van der Waals surface area contributed by atoms with Crippen LogP contribution >= 0.6 is 0 Å². The number of nitrogens with one attached hydrogen (secondary N) is 2. The number of nitrogens with zero attached hydrogens (tertiary/aromatic N) is 1. The van der Waals surface area contributed by atoms with Crippen LogP contribution in [0.4, 0.5) is 4.79 Å². The van der Waals surface area contributed by atoms with E-state index in [0.717, 1.165) is 17.5 Å². The van der Waals surface area contributed by atoms with Crippen LogP contribution in [0.25, 0.3) is 0 Å². The van der Waals surface area contributed by atoms with E-state index < -0.39 is 54.2 Å². The average molecular weight is 564 g/mol. The van der Waals surface area contributed by atoms with E-state index >= 15 is 0 Å². The fraction of sp³-hybridized carbons (Fsp3) is 0.667. The van der Waals surface area contributed by atoms with Crippen molar-refractivity contribution in [1.82, 2.24) is 15.5 Å². The van der Waals surface area contributed by atoms with Crippen LogP contribution in [0.3, 0.4) is 0 Å². The van der Waals surface area contributed by atoms with Gasteiger partial charge in [0.05, 0.1) is 19.6 Å². The molecule has 226 valence electrons. The quantitative estimate of drug-likeness (QED) is 0.292. The Labute approximate surface area is 239 Å². The second-order valence-corrected chi connectivity index (χ2v) is 11.6. The number of aliphatic hydroxyl groups is 1. The summed E-state index contributed by atoms with van der Waals surface area (Å²) >= 11 is 0. The SMILES string of the molecule is CCOC(=O)CCNC(=O)C(c1cc(C)ccc1C)N(C(=O)C(CO)NC(=O)OC(C)(C)C)C(C)CCC(C)C. The van der Waals surface area contributed by atoms with Crippen molar-refractivity contribution < 1.29 is 33.8 Å². The number of esters is 1. The number of carbonyl (C=O) groups is 4. The van der Waals surface area contributed by atoms with Crippen molar-refractivity contribution in [2.75, 3.05) is 19.8 Å². The number of carbonyl (C=O) groups excluding carboxylic acids is 4. The highest BCUT2D eigenvalue weighted by Gasteiger charge is 2.39. The summed E-state index contributed by atoms with van der Waals surface area (Å²) in [5, 5.41) is 15.4. The molecule has 10 heteroatoms. The molecular weight excluding hydrogens is 514 g/mol. The molecule has 0 aliphatic rings. The van der Waals surface area contributed by atoms with Crippen LogP contribution in [0.15, 0.2) is 18.2 Å². The van der Waals surface area contributed by atoms with Crippen LogP contribution in [-0.2, 0) is 23.9 Å². The first-order valence-electron chi connectivity index (χ1n) is 14.0. The van der Waals surface area contributed by atoms with Crippen molar-refractivity contribution in [3.05, 3.63) is 34.9 Å². The third-order valence-corrected chi connectivity index (χ3v) is 6.25. The monoisotopic (exact) mass is 563 g/mol. The van der Waals surface area contributed by atoms with Crippen molar-refractivity contribution in [3.63, 3.8) is 0 Å². The summed E-state index contributed by atoms with van der Waals surface area (Å²) in [6, 6.07) is 2.82. The number of hydrogen-bond donors (Lipinski definition) is 3. The van der Waals surface area contributed by atoms with Crippen molar-refractivity contribution >= 4 is 23.9 Å². The third-order valence-electron chi connectivity index (χ3n) is 6.25. The number of amides is 3. The molecule has 10 nitrogen and oxygen atoms in total. The van der Waals surface area contributed by atoms with E-state index in [4.69, 9.17) is 9.47 Å². The van der Waals surface area contributed by atoms with Gasteiger partial charge >= 0.3 is 12.1 Å². The largest absolute Gasteiger partial charge is 0.466 e. The second kappa shape index (κ2) is 16.2. The Morgan fingerprint density at radius 1 is 1.05 bits per heavy atom. The fourth-order valence-electron chi connectivity index (χ4n) is 4.22. The van der Waals surface area contributed by atoms with E-state index in [1.807, 2.05) is 39.0 Å². The maximum Gasteiger partial charge on any atom is 0.408 e. The lowest BCUT2D eigenvalue weighted by molar-refractivity contribution is -0.146. The van der Waals surface area contributed by atoms with E-state index in [-0.39, 0.29) is 19.6 Å². The second-order valence-electron chi connectivity index (χ2n) is 11.6. The van der Waals surface area contributed by atoms with Gasteiger partial charge in [-0.15, -0.1) is 0 Å². The maximum absolute atomic E-state index is 14.1. The Hall–Kier alpha value is -3.14. The molecule has 40 heavy (non-hydrogen) atoms. The Morgan fingerprint density at radius 3 is 2.25 bits per heavy atom. The number of ether oxygens (including phenoxy) is 2. The molecule has 0 saturated heterocycles. The Balaban J connectivity index is 3.55. The highest BCUT2D eigenvalue weighted by atomic mass is 16.6. The van der Waals surface area contributed by atoms with Crippen LogP contribution < -0.4 is 10.6 Å². The molecule has 0 aliphatic carbocycles. The van der Waals surface area contributed by atoms with Crippen molar-refractivity contribution in [1.29, 1.82) is 0 Å². The molecule has 0 fully saturated rings. The summed E-state index contributed by atoms with van der Waals surface area (Å²) in [4.78, 5) is 53.8. The Morgan fingerprint density at radius 2 is 1.70 bits per heavy atom. The van der Waals surface area contributed by atoms with Gasteiger partial charge in [-0.05, 0) is 78.4 Å². The minimum atomic E-state index is -1.34. The fourth-order valence-corrected chi connectivity index (χ4v) is 4.22. The van der Waals surface area contributed by atoms with Gasteiger partial charge in [0.15, 0.2) is 0 Å². The highest BCUT2D eigenvalue weighted by molar-refractivity contribution is 5.92. The van der Waals surface area contributed by atoms with Gasteiger partial charge in [-0.2, -0.15) is 0 Å². The zero-order valence-corrected chi connectivity index (χ0v) is 25.6. The number of benzene rings is 1. The molecule has 1 rings (SSSR count). The Bertz CT molecular complexity index is 1000. The standard InChI is InChI=1S/C30H49N3O7/c1-10-39-25(35)15-16-31-27(36)26(23-17-20(4)12-13-21(23)5)33(22(6)14-11-19(2)3)28(37)24(18-34)32-29(38)40-30(7,8)9/h12-13,17,19,22,24,26,34H,10-11,14-16,18H2,1-9H3,(H,31,36)(H,32,38). The van der Waals surface area contributed by atoms with Gasteiger partial charge < -0.3 is 30.1 Å². The van der Waals surface area contributed by atoms with Crippen LogP contribution in [0.2, 0.25) is 0 Å². The predicted octanol–water partition coefficient (Wildman–Crippen LogP) is 3.95. The highest BCUT2D eigenvalue weighted by Crippen LogP contribution is 2.30. The van der Waals surface area contributed by atoms with Gasteiger partial charge in [0.2, 0.25) is 11.8 Å². The van der Waals surface area contributed by atoms with Crippen LogP contribution in [0.1, 0.15) is 90.5 Å². The van der Waals surface area contributed by atoms with Crippen LogP contribution in [-0.4, -0.2) is 71.3 Å². The third kappa shape index (κ3) is 11.5. The lowest BCUT2D eigenvalue weighted by Gasteiger charge is -2.39. The molecule has 0 spiro atoms. The minimum Gasteiger partial charge on any atom is -0.466 e. The van der Waals surface area contributed by atoms with Crippen molar-refractivity contribution in [2.24, 2.45) is 5.92 Å². The molecular formula is C30H49N3O7. The number of aliphatic hydroxyl groups excluding tert-OH is 1. The van der Waals surface area contributed by atoms with Gasteiger partial charge in [-0.1, -0.05) is 37.6 Å². The molecule has 0 saturated carbocycles. The van der Waals surface area contributed by atoms with E-state index in [9.17, 15) is 24.3 Å². The molecule has 3 N–H and O–H groups in total. The molecule has 0 radical (unpaired) electrons. The van der Waals surface area contributed by atoms with Gasteiger partial charge in [-0.3, -0.25) is 14.4 Å². The summed E-state index contributed by atoms with van der Waals surface area (Å²) in [6.07, 6.45) is 0.510. The van der Waals surface area contributed by atoms with Gasteiger partial charge in [-0.25, -0.2) is 4.79 Å². The first kappa shape index (κ1) is 34.9. The summed E-state index contributed by atoms with van der Waals surface area (Å²) < 4.78 is 10.3. The summed E-state index contributed by atoms with van der Waals surface area (Å²) in [7, 11) is 0. The molecule has 0 aromatic heterocycles. The van der Waals surface area contributed by atoms with Gasteiger partial charge in [0.25, 0.3) is 0 Å². The number of hydrogen-bond acceptors (Lipinski definition) is 7. The zero-order chi connectivity index (χ0) is 30.6. The summed E-state index contributed by atoms with van der Waals surface area (Å²) in [5.41, 5.74) is 1.51. The van der Waals surface area contributed by atoms with E-state index in [1.165, 1.54) is 4.90 Å². The molecule has 0 aliphatic heterocycles. The van der Waals surface area contributed by atoms with E-state index in [2.05, 4.69) is 24.5 Å². The molecule has 3 unspecified atom stereocenters. The normalized spacial score (nSPS) is 13.7. The van der Waals surface area contributed by atoms with Crippen LogP contribution in [0.5, 0.6) is 0 Å². The topological polar surface area (TPSA) is 134 Å². The number of aryl methyl sites for hydroxylation is 2. The predicted molar refractivity (Wildman–Crippen MR) is 154 cm³/mol.